The highest BCUT2D eigenvalue weighted by Crippen LogP contribution is 2.33. The third-order valence-corrected chi connectivity index (χ3v) is 4.85. The van der Waals surface area contributed by atoms with Gasteiger partial charge in [0.2, 0.25) is 0 Å². The molecule has 2 heterocycles. The fraction of sp³-hybridized carbons (Fsp3) is 0.0588. The molecule has 0 atom stereocenters. The van der Waals surface area contributed by atoms with Crippen molar-refractivity contribution in [3.8, 4) is 5.82 Å². The summed E-state index contributed by atoms with van der Waals surface area (Å²) in [6, 6.07) is 7.72. The van der Waals surface area contributed by atoms with Crippen LogP contribution in [0.1, 0.15) is 20.8 Å². The first-order chi connectivity index (χ1) is 12.8. The van der Waals surface area contributed by atoms with Crippen molar-refractivity contribution in [2.75, 3.05) is 11.9 Å². The first-order valence-electron chi connectivity index (χ1n) is 7.42. The summed E-state index contributed by atoms with van der Waals surface area (Å²) >= 11 is 21.6. The van der Waals surface area contributed by atoms with Gasteiger partial charge in [0.1, 0.15) is 10.3 Å². The van der Waals surface area contributed by atoms with Crippen LogP contribution < -0.4 is 4.90 Å². The molecular formula is C17H10BrCl3N4O2. The minimum Gasteiger partial charge on any atom is -0.308 e. The van der Waals surface area contributed by atoms with Crippen molar-refractivity contribution in [3.05, 3.63) is 67.5 Å². The molecule has 0 N–H and O–H groups in total. The molecule has 3 aromatic rings. The summed E-state index contributed by atoms with van der Waals surface area (Å²) in [6.45, 7) is 0. The Hall–Kier alpha value is -1.93. The average Bonchev–Trinajstić information content (AvgIpc) is 3.01. The van der Waals surface area contributed by atoms with Gasteiger partial charge in [-0.1, -0.05) is 34.8 Å². The first-order valence-corrected chi connectivity index (χ1v) is 9.35. The van der Waals surface area contributed by atoms with Gasteiger partial charge in [-0.25, -0.2) is 9.67 Å². The van der Waals surface area contributed by atoms with Crippen molar-refractivity contribution < 1.29 is 9.59 Å². The second-order valence-corrected chi connectivity index (χ2v) is 7.44. The molecule has 1 amide bonds. The van der Waals surface area contributed by atoms with E-state index in [0.29, 0.717) is 26.8 Å². The summed E-state index contributed by atoms with van der Waals surface area (Å²) in [5.74, 6) is -0.179. The van der Waals surface area contributed by atoms with Crippen molar-refractivity contribution in [3.63, 3.8) is 0 Å². The molecule has 0 fully saturated rings. The number of anilines is 1. The molecule has 1 aromatic carbocycles. The van der Waals surface area contributed by atoms with Crippen LogP contribution in [0.2, 0.25) is 15.1 Å². The van der Waals surface area contributed by atoms with Gasteiger partial charge in [0, 0.05) is 29.9 Å². The number of halogens is 4. The second-order valence-electron chi connectivity index (χ2n) is 5.38. The van der Waals surface area contributed by atoms with E-state index in [1.165, 1.54) is 41.0 Å². The highest BCUT2D eigenvalue weighted by atomic mass is 79.9. The van der Waals surface area contributed by atoms with Crippen LogP contribution in [0.3, 0.4) is 0 Å². The van der Waals surface area contributed by atoms with Gasteiger partial charge in [0.25, 0.3) is 5.91 Å². The summed E-state index contributed by atoms with van der Waals surface area (Å²) in [7, 11) is 1.50. The minimum atomic E-state index is -0.470. The van der Waals surface area contributed by atoms with Gasteiger partial charge in [-0.2, -0.15) is 5.10 Å². The normalized spacial score (nSPS) is 10.7. The van der Waals surface area contributed by atoms with Gasteiger partial charge in [-0.05, 0) is 40.2 Å². The molecule has 27 heavy (non-hydrogen) atoms. The van der Waals surface area contributed by atoms with Crippen LogP contribution in [0.4, 0.5) is 5.69 Å². The minimum absolute atomic E-state index is 0.168. The number of nitrogens with zero attached hydrogens (tertiary/aromatic N) is 4. The van der Waals surface area contributed by atoms with Crippen LogP contribution in [0.15, 0.2) is 41.1 Å². The number of carbonyl (C=O) groups is 2. The van der Waals surface area contributed by atoms with E-state index in [1.807, 2.05) is 0 Å². The van der Waals surface area contributed by atoms with Crippen LogP contribution in [0.5, 0.6) is 0 Å². The highest BCUT2D eigenvalue weighted by molar-refractivity contribution is 9.10. The Morgan fingerprint density at radius 3 is 2.63 bits per heavy atom. The summed E-state index contributed by atoms with van der Waals surface area (Å²) in [5, 5.41) is 5.01. The van der Waals surface area contributed by atoms with E-state index < -0.39 is 5.91 Å². The molecule has 2 aromatic heterocycles. The number of carbonyl (C=O) groups excluding carboxylic acids is 2. The van der Waals surface area contributed by atoms with Crippen LogP contribution in [-0.4, -0.2) is 34.0 Å². The van der Waals surface area contributed by atoms with E-state index in [4.69, 9.17) is 34.8 Å². The lowest BCUT2D eigenvalue weighted by atomic mass is 10.1. The summed E-state index contributed by atoms with van der Waals surface area (Å²) in [6.07, 6.45) is 2.12. The molecule has 0 spiro atoms. The predicted molar refractivity (Wildman–Crippen MR) is 109 cm³/mol. The fourth-order valence-corrected chi connectivity index (χ4v) is 3.72. The lowest BCUT2D eigenvalue weighted by Crippen LogP contribution is -2.29. The summed E-state index contributed by atoms with van der Waals surface area (Å²) < 4.78 is 1.73. The van der Waals surface area contributed by atoms with E-state index in [9.17, 15) is 9.59 Å². The van der Waals surface area contributed by atoms with Crippen molar-refractivity contribution in [2.24, 2.45) is 0 Å². The van der Waals surface area contributed by atoms with Gasteiger partial charge in [0.15, 0.2) is 12.1 Å². The number of benzene rings is 1. The maximum atomic E-state index is 13.1. The molecule has 0 radical (unpaired) electrons. The van der Waals surface area contributed by atoms with Crippen molar-refractivity contribution in [2.45, 2.75) is 0 Å². The smallest absolute Gasteiger partial charge is 0.276 e. The predicted octanol–water partition coefficient (Wildman–Crippen LogP) is 5.08. The van der Waals surface area contributed by atoms with Crippen LogP contribution in [0, 0.1) is 0 Å². The number of amides is 1. The number of hydrogen-bond acceptors (Lipinski definition) is 4. The van der Waals surface area contributed by atoms with Gasteiger partial charge < -0.3 is 4.90 Å². The van der Waals surface area contributed by atoms with E-state index >= 15 is 0 Å². The van der Waals surface area contributed by atoms with Gasteiger partial charge in [0.05, 0.1) is 15.7 Å². The van der Waals surface area contributed by atoms with Crippen molar-refractivity contribution in [1.82, 2.24) is 14.8 Å². The van der Waals surface area contributed by atoms with E-state index in [-0.39, 0.29) is 22.0 Å². The van der Waals surface area contributed by atoms with Crippen molar-refractivity contribution >= 4 is 68.6 Å². The third-order valence-electron chi connectivity index (χ3n) is 3.66. The van der Waals surface area contributed by atoms with E-state index in [0.717, 1.165) is 0 Å². The zero-order valence-corrected chi connectivity index (χ0v) is 17.5. The number of aldehydes is 1. The van der Waals surface area contributed by atoms with E-state index in [2.05, 4.69) is 26.0 Å². The maximum Gasteiger partial charge on any atom is 0.276 e. The molecule has 138 valence electrons. The van der Waals surface area contributed by atoms with E-state index in [1.54, 1.807) is 12.1 Å². The quantitative estimate of drug-likeness (QED) is 0.481. The molecule has 10 heteroatoms. The molecule has 0 aliphatic carbocycles. The standard InChI is InChI=1S/C17H10BrCl3N4O2/c1-24(15-9(8-26)5-10(19)6-12(15)21)17(27)13-7-14(18)23-25(13)16-11(20)3-2-4-22-16/h2-8H,1H3. The monoisotopic (exact) mass is 486 g/mol. The molecular weight excluding hydrogens is 478 g/mol. The SMILES string of the molecule is CN(C(=O)c1cc(Br)nn1-c1ncccc1Cl)c1c(Cl)cc(Cl)cc1C=O. The average molecular weight is 489 g/mol. The first kappa shape index (κ1) is 19.8. The Kier molecular flexibility index (Phi) is 5.86. The lowest BCUT2D eigenvalue weighted by molar-refractivity contribution is 0.0985. The van der Waals surface area contributed by atoms with Gasteiger partial charge in [-0.15, -0.1) is 0 Å². The molecule has 0 bridgehead atoms. The fourth-order valence-electron chi connectivity index (χ4n) is 2.50. The number of pyridine rings is 1. The molecule has 0 unspecified atom stereocenters. The number of hydrogen-bond donors (Lipinski definition) is 0. The summed E-state index contributed by atoms with van der Waals surface area (Å²) in [4.78, 5) is 30.0. The number of aromatic nitrogens is 3. The second kappa shape index (κ2) is 7.98. The zero-order valence-electron chi connectivity index (χ0n) is 13.7. The summed E-state index contributed by atoms with van der Waals surface area (Å²) in [5.41, 5.74) is 0.592. The van der Waals surface area contributed by atoms with Crippen LogP contribution in [-0.2, 0) is 0 Å². The molecule has 3 rings (SSSR count). The maximum absolute atomic E-state index is 13.1. The third kappa shape index (κ3) is 3.87. The Labute approximate surface area is 177 Å². The van der Waals surface area contributed by atoms with Gasteiger partial charge >= 0.3 is 0 Å². The molecule has 6 nitrogen and oxygen atoms in total. The Morgan fingerprint density at radius 2 is 1.96 bits per heavy atom. The Morgan fingerprint density at radius 1 is 1.22 bits per heavy atom. The van der Waals surface area contributed by atoms with Crippen LogP contribution in [0.25, 0.3) is 5.82 Å². The van der Waals surface area contributed by atoms with Gasteiger partial charge in [-0.3, -0.25) is 9.59 Å². The number of rotatable bonds is 4. The Balaban J connectivity index is 2.11. The lowest BCUT2D eigenvalue weighted by Gasteiger charge is -2.21. The molecule has 0 saturated heterocycles. The van der Waals surface area contributed by atoms with Crippen LogP contribution >= 0.6 is 50.7 Å². The topological polar surface area (TPSA) is 68.1 Å². The largest absolute Gasteiger partial charge is 0.308 e. The van der Waals surface area contributed by atoms with Crippen molar-refractivity contribution in [1.29, 1.82) is 0 Å². The Bertz CT molecular complexity index is 1050. The zero-order chi connectivity index (χ0) is 19.7. The molecule has 0 aliphatic heterocycles. The molecule has 0 aliphatic rings. The highest BCUT2D eigenvalue weighted by Gasteiger charge is 2.25. The molecule has 0 saturated carbocycles.